The Hall–Kier alpha value is -4.37. The van der Waals surface area contributed by atoms with E-state index in [0.717, 1.165) is 16.8 Å². The van der Waals surface area contributed by atoms with Crippen LogP contribution in [0.2, 0.25) is 0 Å². The maximum absolute atomic E-state index is 15.9. The van der Waals surface area contributed by atoms with Gasteiger partial charge in [0.2, 0.25) is 0 Å². The number of hydrogen-bond donors (Lipinski definition) is 4. The molecule has 0 aliphatic carbocycles. The maximum Gasteiger partial charge on any atom is 0.188 e. The zero-order chi connectivity index (χ0) is 27.2. The molecule has 3 aromatic carbocycles. The average Bonchev–Trinajstić information content (AvgIpc) is 3.37. The highest BCUT2D eigenvalue weighted by Gasteiger charge is 2.22. The van der Waals surface area contributed by atoms with Gasteiger partial charge in [0.1, 0.15) is 17.4 Å². The SMILES string of the molecule is CCOc1cc(OC(C)C)c(F)c(N(Cc2ncc(-c3ccccc3CO)[nH]2)c2ccc(C(=N)N)cc2)c1. The number of nitrogens with two attached hydrogens (primary N) is 1. The topological polar surface area (TPSA) is 120 Å². The number of benzene rings is 3. The summed E-state index contributed by atoms with van der Waals surface area (Å²) in [5, 5.41) is 17.5. The fourth-order valence-electron chi connectivity index (χ4n) is 4.13. The first-order valence-corrected chi connectivity index (χ1v) is 12.4. The molecule has 0 amide bonds. The number of anilines is 2. The second kappa shape index (κ2) is 11.8. The van der Waals surface area contributed by atoms with Crippen molar-refractivity contribution < 1.29 is 19.0 Å². The van der Waals surface area contributed by atoms with Gasteiger partial charge in [0.25, 0.3) is 0 Å². The molecule has 0 unspecified atom stereocenters. The van der Waals surface area contributed by atoms with Crippen molar-refractivity contribution in [2.75, 3.05) is 11.5 Å². The molecule has 0 fully saturated rings. The van der Waals surface area contributed by atoms with E-state index in [1.54, 1.807) is 47.5 Å². The lowest BCUT2D eigenvalue weighted by molar-refractivity contribution is 0.229. The van der Waals surface area contributed by atoms with E-state index in [-0.39, 0.29) is 36.5 Å². The van der Waals surface area contributed by atoms with Crippen LogP contribution in [-0.4, -0.2) is 33.6 Å². The number of imidazole rings is 1. The molecule has 0 bridgehead atoms. The number of aliphatic hydroxyl groups is 1. The molecule has 5 N–H and O–H groups in total. The number of rotatable bonds is 11. The summed E-state index contributed by atoms with van der Waals surface area (Å²) in [6.45, 7) is 6.02. The predicted molar refractivity (Wildman–Crippen MR) is 147 cm³/mol. The first kappa shape index (κ1) is 26.7. The van der Waals surface area contributed by atoms with Crippen LogP contribution >= 0.6 is 0 Å². The maximum atomic E-state index is 15.9. The van der Waals surface area contributed by atoms with Crippen LogP contribution in [0.3, 0.4) is 0 Å². The molecule has 8 nitrogen and oxygen atoms in total. The van der Waals surface area contributed by atoms with Gasteiger partial charge < -0.3 is 30.2 Å². The van der Waals surface area contributed by atoms with E-state index in [9.17, 15) is 5.11 Å². The fraction of sp³-hybridized carbons (Fsp3) is 0.241. The number of nitrogens with one attached hydrogen (secondary N) is 2. The van der Waals surface area contributed by atoms with E-state index in [1.807, 2.05) is 45.0 Å². The standard InChI is InChI=1S/C29H32FN5O3/c1-4-37-22-13-25(28(30)26(14-22)38-18(2)3)35(21-11-9-19(10-12-21)29(31)32)16-27-33-15-24(34-27)23-8-6-5-7-20(23)17-36/h5-15,18,36H,4,16-17H2,1-3H3,(H3,31,32)(H,33,34). The van der Waals surface area contributed by atoms with Crippen molar-refractivity contribution in [3.05, 3.63) is 89.6 Å². The summed E-state index contributed by atoms with van der Waals surface area (Å²) < 4.78 is 27.4. The lowest BCUT2D eigenvalue weighted by Gasteiger charge is -2.26. The molecule has 0 aliphatic heterocycles. The van der Waals surface area contributed by atoms with E-state index in [0.29, 0.717) is 29.4 Å². The Morgan fingerprint density at radius 3 is 2.55 bits per heavy atom. The van der Waals surface area contributed by atoms with Gasteiger partial charge in [0.15, 0.2) is 11.6 Å². The Labute approximate surface area is 221 Å². The summed E-state index contributed by atoms with van der Waals surface area (Å²) in [5.41, 5.74) is 9.45. The van der Waals surface area contributed by atoms with Gasteiger partial charge >= 0.3 is 0 Å². The number of nitrogen functional groups attached to an aromatic ring is 1. The number of H-pyrrole nitrogens is 1. The molecule has 0 aliphatic rings. The van der Waals surface area contributed by atoms with E-state index in [2.05, 4.69) is 9.97 Å². The van der Waals surface area contributed by atoms with E-state index in [4.69, 9.17) is 20.6 Å². The van der Waals surface area contributed by atoms with Gasteiger partial charge in [0.05, 0.1) is 43.4 Å². The summed E-state index contributed by atoms with van der Waals surface area (Å²) in [6, 6.07) is 17.7. The summed E-state index contributed by atoms with van der Waals surface area (Å²) in [4.78, 5) is 9.61. The number of aliphatic hydroxyl groups excluding tert-OH is 1. The molecule has 4 aromatic rings. The minimum absolute atomic E-state index is 0.0570. The Balaban J connectivity index is 1.80. The number of ether oxygens (including phenoxy) is 2. The monoisotopic (exact) mass is 517 g/mol. The van der Waals surface area contributed by atoms with E-state index >= 15 is 4.39 Å². The summed E-state index contributed by atoms with van der Waals surface area (Å²) in [5.74, 6) is 0.551. The Kier molecular flexibility index (Phi) is 8.28. The number of nitrogens with zero attached hydrogens (tertiary/aromatic N) is 2. The quantitative estimate of drug-likeness (QED) is 0.154. The van der Waals surface area contributed by atoms with E-state index in [1.165, 1.54) is 0 Å². The van der Waals surface area contributed by atoms with Crippen molar-refractivity contribution in [2.24, 2.45) is 5.73 Å². The van der Waals surface area contributed by atoms with Gasteiger partial charge in [-0.25, -0.2) is 9.37 Å². The Bertz CT molecular complexity index is 1400. The van der Waals surface area contributed by atoms with Crippen molar-refractivity contribution in [1.82, 2.24) is 9.97 Å². The zero-order valence-corrected chi connectivity index (χ0v) is 21.7. The Morgan fingerprint density at radius 1 is 1.16 bits per heavy atom. The highest BCUT2D eigenvalue weighted by Crippen LogP contribution is 2.38. The number of halogens is 1. The third-order valence-corrected chi connectivity index (χ3v) is 5.86. The van der Waals surface area contributed by atoms with Gasteiger partial charge in [-0.1, -0.05) is 24.3 Å². The molecule has 4 rings (SSSR count). The number of aromatic amines is 1. The average molecular weight is 518 g/mol. The Morgan fingerprint density at radius 2 is 1.89 bits per heavy atom. The van der Waals surface area contributed by atoms with Crippen LogP contribution in [0.5, 0.6) is 11.5 Å². The zero-order valence-electron chi connectivity index (χ0n) is 21.7. The van der Waals surface area contributed by atoms with Crippen molar-refractivity contribution in [1.29, 1.82) is 5.41 Å². The molecule has 1 heterocycles. The van der Waals surface area contributed by atoms with E-state index < -0.39 is 5.82 Å². The first-order chi connectivity index (χ1) is 18.3. The van der Waals surface area contributed by atoms with Crippen LogP contribution in [0.4, 0.5) is 15.8 Å². The second-order valence-electron chi connectivity index (χ2n) is 8.96. The first-order valence-electron chi connectivity index (χ1n) is 12.4. The summed E-state index contributed by atoms with van der Waals surface area (Å²) in [6.07, 6.45) is 1.46. The van der Waals surface area contributed by atoms with Gasteiger partial charge in [0, 0.05) is 28.9 Å². The lowest BCUT2D eigenvalue weighted by atomic mass is 10.1. The van der Waals surface area contributed by atoms with Crippen molar-refractivity contribution >= 4 is 17.2 Å². The molecular weight excluding hydrogens is 485 g/mol. The van der Waals surface area contributed by atoms with Crippen LogP contribution in [0, 0.1) is 11.2 Å². The highest BCUT2D eigenvalue weighted by atomic mass is 19.1. The third kappa shape index (κ3) is 5.95. The molecule has 9 heteroatoms. The fourth-order valence-corrected chi connectivity index (χ4v) is 4.13. The molecule has 0 radical (unpaired) electrons. The second-order valence-corrected chi connectivity index (χ2v) is 8.96. The van der Waals surface area contributed by atoms with Gasteiger partial charge in [-0.3, -0.25) is 5.41 Å². The van der Waals surface area contributed by atoms with Crippen molar-refractivity contribution in [2.45, 2.75) is 40.0 Å². The minimum atomic E-state index is -0.532. The van der Waals surface area contributed by atoms with Gasteiger partial charge in [-0.15, -0.1) is 0 Å². The largest absolute Gasteiger partial charge is 0.494 e. The normalized spacial score (nSPS) is 11.0. The molecule has 0 saturated carbocycles. The van der Waals surface area contributed by atoms with Crippen LogP contribution < -0.4 is 20.1 Å². The number of aromatic nitrogens is 2. The lowest BCUT2D eigenvalue weighted by Crippen LogP contribution is -2.20. The van der Waals surface area contributed by atoms with Gasteiger partial charge in [-0.2, -0.15) is 0 Å². The van der Waals surface area contributed by atoms with Crippen LogP contribution in [-0.2, 0) is 13.2 Å². The molecule has 1 aromatic heterocycles. The van der Waals surface area contributed by atoms with Gasteiger partial charge in [-0.05, 0) is 50.6 Å². The predicted octanol–water partition coefficient (Wildman–Crippen LogP) is 5.52. The minimum Gasteiger partial charge on any atom is -0.494 e. The molecule has 0 spiro atoms. The van der Waals surface area contributed by atoms with Crippen LogP contribution in [0.25, 0.3) is 11.3 Å². The smallest absolute Gasteiger partial charge is 0.188 e. The molecular formula is C29H32FN5O3. The molecule has 198 valence electrons. The highest BCUT2D eigenvalue weighted by molar-refractivity contribution is 5.95. The molecule has 0 atom stereocenters. The molecule has 38 heavy (non-hydrogen) atoms. The van der Waals surface area contributed by atoms with Crippen LogP contribution in [0.1, 0.15) is 37.7 Å². The van der Waals surface area contributed by atoms with Crippen LogP contribution in [0.15, 0.2) is 66.9 Å². The number of amidine groups is 1. The summed E-state index contributed by atoms with van der Waals surface area (Å²) >= 11 is 0. The number of hydrogen-bond acceptors (Lipinski definition) is 6. The summed E-state index contributed by atoms with van der Waals surface area (Å²) in [7, 11) is 0. The van der Waals surface area contributed by atoms with Crippen molar-refractivity contribution in [3.8, 4) is 22.8 Å². The molecule has 0 saturated heterocycles. The van der Waals surface area contributed by atoms with Crippen molar-refractivity contribution in [3.63, 3.8) is 0 Å². The third-order valence-electron chi connectivity index (χ3n) is 5.86.